The first kappa shape index (κ1) is 13.9. The molecule has 0 aromatic heterocycles. The van der Waals surface area contributed by atoms with Gasteiger partial charge < -0.3 is 9.84 Å². The molecule has 102 valence electrons. The van der Waals surface area contributed by atoms with Crippen molar-refractivity contribution in [3.8, 4) is 11.8 Å². The summed E-state index contributed by atoms with van der Waals surface area (Å²) in [7, 11) is 1.63. The second-order valence-electron chi connectivity index (χ2n) is 5.75. The smallest absolute Gasteiger partial charge is 0.121 e. The zero-order valence-corrected chi connectivity index (χ0v) is 11.8. The van der Waals surface area contributed by atoms with E-state index in [0.29, 0.717) is 5.92 Å². The molecule has 1 N–H and O–H groups in total. The Balaban J connectivity index is 2.31. The molecule has 0 aliphatic heterocycles. The summed E-state index contributed by atoms with van der Waals surface area (Å²) >= 11 is 0. The molecular weight excluding hydrogens is 238 g/mol. The summed E-state index contributed by atoms with van der Waals surface area (Å²) in [5.74, 6) is 1.32. The molecule has 1 aliphatic rings. The van der Waals surface area contributed by atoms with Crippen molar-refractivity contribution in [1.29, 1.82) is 5.26 Å². The topological polar surface area (TPSA) is 53.2 Å². The molecule has 1 aromatic rings. The second kappa shape index (κ2) is 5.22. The van der Waals surface area contributed by atoms with Gasteiger partial charge in [-0.15, -0.1) is 0 Å². The van der Waals surface area contributed by atoms with E-state index in [4.69, 9.17) is 4.74 Å². The van der Waals surface area contributed by atoms with Crippen LogP contribution in [0.15, 0.2) is 18.2 Å². The van der Waals surface area contributed by atoms with Crippen LogP contribution in [0.25, 0.3) is 0 Å². The van der Waals surface area contributed by atoms with Gasteiger partial charge in [-0.2, -0.15) is 5.26 Å². The molecular formula is C16H21NO2. The van der Waals surface area contributed by atoms with Crippen LogP contribution in [0.3, 0.4) is 0 Å². The number of hydrogen-bond donors (Lipinski definition) is 1. The molecule has 0 radical (unpaired) electrons. The summed E-state index contributed by atoms with van der Waals surface area (Å²) < 4.78 is 5.23. The maximum absolute atomic E-state index is 10.6. The number of aryl methyl sites for hydroxylation is 1. The van der Waals surface area contributed by atoms with Crippen LogP contribution >= 0.6 is 0 Å². The fourth-order valence-corrected chi connectivity index (χ4v) is 3.13. The van der Waals surface area contributed by atoms with Gasteiger partial charge in [0.2, 0.25) is 0 Å². The molecule has 1 saturated carbocycles. The molecule has 19 heavy (non-hydrogen) atoms. The van der Waals surface area contributed by atoms with Crippen LogP contribution in [0, 0.1) is 29.6 Å². The predicted octanol–water partition coefficient (Wildman–Crippen LogP) is 3.37. The fraction of sp³-hybridized carbons (Fsp3) is 0.562. The van der Waals surface area contributed by atoms with E-state index in [-0.39, 0.29) is 0 Å². The molecule has 2 rings (SSSR count). The molecule has 0 amide bonds. The lowest BCUT2D eigenvalue weighted by Gasteiger charge is -2.28. The van der Waals surface area contributed by atoms with E-state index in [1.807, 2.05) is 25.1 Å². The number of methoxy groups -OCH3 is 1. The van der Waals surface area contributed by atoms with Crippen molar-refractivity contribution in [2.24, 2.45) is 11.3 Å². The molecule has 3 atom stereocenters. The SMILES string of the molecule is COc1ccc(C(O)C2(C#N)CCC(C)C2)cc1C. The summed E-state index contributed by atoms with van der Waals surface area (Å²) in [6, 6.07) is 8.01. The minimum atomic E-state index is -0.716. The van der Waals surface area contributed by atoms with Gasteiger partial charge in [0.1, 0.15) is 5.75 Å². The van der Waals surface area contributed by atoms with E-state index < -0.39 is 11.5 Å². The van der Waals surface area contributed by atoms with E-state index in [2.05, 4.69) is 13.0 Å². The van der Waals surface area contributed by atoms with Crippen molar-refractivity contribution >= 4 is 0 Å². The Morgan fingerprint density at radius 2 is 2.26 bits per heavy atom. The second-order valence-corrected chi connectivity index (χ2v) is 5.75. The molecule has 1 aromatic carbocycles. The zero-order valence-electron chi connectivity index (χ0n) is 11.8. The van der Waals surface area contributed by atoms with Crippen LogP contribution in [0.2, 0.25) is 0 Å². The maximum Gasteiger partial charge on any atom is 0.121 e. The quantitative estimate of drug-likeness (QED) is 0.905. The summed E-state index contributed by atoms with van der Waals surface area (Å²) in [6.45, 7) is 4.09. The Hall–Kier alpha value is -1.53. The van der Waals surface area contributed by atoms with Gasteiger partial charge in [-0.25, -0.2) is 0 Å². The third-order valence-corrected chi connectivity index (χ3v) is 4.28. The Bertz CT molecular complexity index is 506. The maximum atomic E-state index is 10.6. The molecule has 0 spiro atoms. The van der Waals surface area contributed by atoms with Gasteiger partial charge >= 0.3 is 0 Å². The van der Waals surface area contributed by atoms with Crippen molar-refractivity contribution in [3.05, 3.63) is 29.3 Å². The first-order valence-electron chi connectivity index (χ1n) is 6.76. The standard InChI is InChI=1S/C16H21NO2/c1-11-6-7-16(9-11,10-17)15(18)13-4-5-14(19-3)12(2)8-13/h4-5,8,11,15,18H,6-7,9H2,1-3H3. The third-order valence-electron chi connectivity index (χ3n) is 4.28. The molecule has 0 saturated heterocycles. The molecule has 3 unspecified atom stereocenters. The lowest BCUT2D eigenvalue weighted by atomic mass is 9.78. The molecule has 0 bridgehead atoms. The highest BCUT2D eigenvalue weighted by atomic mass is 16.5. The molecule has 1 fully saturated rings. The number of rotatable bonds is 3. The number of benzene rings is 1. The first-order chi connectivity index (χ1) is 9.02. The normalized spacial score (nSPS) is 27.8. The van der Waals surface area contributed by atoms with E-state index in [1.54, 1.807) is 7.11 Å². The van der Waals surface area contributed by atoms with E-state index in [1.165, 1.54) is 0 Å². The Kier molecular flexibility index (Phi) is 3.82. The fourth-order valence-electron chi connectivity index (χ4n) is 3.13. The highest BCUT2D eigenvalue weighted by Gasteiger charge is 2.44. The van der Waals surface area contributed by atoms with Gasteiger partial charge in [0.15, 0.2) is 0 Å². The molecule has 0 heterocycles. The first-order valence-corrected chi connectivity index (χ1v) is 6.76. The number of nitrogens with zero attached hydrogens (tertiary/aromatic N) is 1. The lowest BCUT2D eigenvalue weighted by Crippen LogP contribution is -2.24. The van der Waals surface area contributed by atoms with Crippen molar-refractivity contribution < 1.29 is 9.84 Å². The van der Waals surface area contributed by atoms with Gasteiger partial charge in [0, 0.05) is 0 Å². The number of ether oxygens (including phenoxy) is 1. The largest absolute Gasteiger partial charge is 0.496 e. The van der Waals surface area contributed by atoms with Gasteiger partial charge in [-0.3, -0.25) is 0 Å². The Labute approximate surface area is 114 Å². The molecule has 1 aliphatic carbocycles. The third kappa shape index (κ3) is 2.46. The van der Waals surface area contributed by atoms with E-state index in [0.717, 1.165) is 36.1 Å². The summed E-state index contributed by atoms with van der Waals surface area (Å²) in [5, 5.41) is 20.1. The summed E-state index contributed by atoms with van der Waals surface area (Å²) in [4.78, 5) is 0. The van der Waals surface area contributed by atoms with Crippen LogP contribution in [0.1, 0.15) is 43.4 Å². The molecule has 3 nitrogen and oxygen atoms in total. The highest BCUT2D eigenvalue weighted by Crippen LogP contribution is 2.49. The van der Waals surface area contributed by atoms with Gasteiger partial charge in [0.25, 0.3) is 0 Å². The van der Waals surface area contributed by atoms with Crippen LogP contribution in [0.5, 0.6) is 5.75 Å². The van der Waals surface area contributed by atoms with Crippen LogP contribution in [-0.4, -0.2) is 12.2 Å². The Morgan fingerprint density at radius 3 is 2.74 bits per heavy atom. The van der Waals surface area contributed by atoms with Crippen LogP contribution in [-0.2, 0) is 0 Å². The minimum absolute atomic E-state index is 0.508. The van der Waals surface area contributed by atoms with E-state index in [9.17, 15) is 10.4 Å². The zero-order chi connectivity index (χ0) is 14.0. The summed E-state index contributed by atoms with van der Waals surface area (Å²) in [5.41, 5.74) is 1.17. The van der Waals surface area contributed by atoms with Crippen molar-refractivity contribution in [2.75, 3.05) is 7.11 Å². The lowest BCUT2D eigenvalue weighted by molar-refractivity contribution is 0.0646. The number of hydrogen-bond acceptors (Lipinski definition) is 3. The van der Waals surface area contributed by atoms with Crippen molar-refractivity contribution in [1.82, 2.24) is 0 Å². The average Bonchev–Trinajstić information content (AvgIpc) is 2.80. The van der Waals surface area contributed by atoms with Crippen LogP contribution in [0.4, 0.5) is 0 Å². The van der Waals surface area contributed by atoms with Crippen molar-refractivity contribution in [2.45, 2.75) is 39.2 Å². The number of nitriles is 1. The van der Waals surface area contributed by atoms with E-state index >= 15 is 0 Å². The number of aliphatic hydroxyl groups excluding tert-OH is 1. The van der Waals surface area contributed by atoms with Crippen LogP contribution < -0.4 is 4.74 Å². The molecule has 3 heteroatoms. The number of aliphatic hydroxyl groups is 1. The van der Waals surface area contributed by atoms with Gasteiger partial charge in [-0.05, 0) is 55.4 Å². The Morgan fingerprint density at radius 1 is 1.53 bits per heavy atom. The van der Waals surface area contributed by atoms with Crippen molar-refractivity contribution in [3.63, 3.8) is 0 Å². The minimum Gasteiger partial charge on any atom is -0.496 e. The van der Waals surface area contributed by atoms with Gasteiger partial charge in [-0.1, -0.05) is 13.0 Å². The summed E-state index contributed by atoms with van der Waals surface area (Å²) in [6.07, 6.45) is 1.85. The van der Waals surface area contributed by atoms with Gasteiger partial charge in [0.05, 0.1) is 24.7 Å². The average molecular weight is 259 g/mol. The highest BCUT2D eigenvalue weighted by molar-refractivity contribution is 5.38. The monoisotopic (exact) mass is 259 g/mol. The predicted molar refractivity (Wildman–Crippen MR) is 73.8 cm³/mol.